The van der Waals surface area contributed by atoms with Crippen molar-refractivity contribution in [3.05, 3.63) is 0 Å². The number of ether oxygens (including phenoxy) is 2. The second-order valence-electron chi connectivity index (χ2n) is 7.08. The van der Waals surface area contributed by atoms with Gasteiger partial charge in [0, 0.05) is 19.8 Å². The molecule has 0 radical (unpaired) electrons. The molecule has 3 nitrogen and oxygen atoms in total. The summed E-state index contributed by atoms with van der Waals surface area (Å²) in [5.74, 6) is 0.924. The molecular weight excluding hydrogens is 238 g/mol. The molecule has 0 heterocycles. The van der Waals surface area contributed by atoms with Crippen molar-refractivity contribution >= 4 is 0 Å². The lowest BCUT2D eigenvalue weighted by atomic mass is 9.69. The van der Waals surface area contributed by atoms with Crippen LogP contribution in [0.2, 0.25) is 0 Å². The minimum absolute atomic E-state index is 0.495. The zero-order valence-electron chi connectivity index (χ0n) is 13.1. The highest BCUT2D eigenvalue weighted by Gasteiger charge is 2.60. The second-order valence-corrected chi connectivity index (χ2v) is 7.08. The van der Waals surface area contributed by atoms with E-state index in [1.165, 1.54) is 19.3 Å². The van der Waals surface area contributed by atoms with Gasteiger partial charge in [-0.05, 0) is 49.0 Å². The second kappa shape index (κ2) is 6.11. The van der Waals surface area contributed by atoms with Gasteiger partial charge in [-0.25, -0.2) is 0 Å². The molecule has 112 valence electrons. The Morgan fingerprint density at radius 3 is 2.53 bits per heavy atom. The van der Waals surface area contributed by atoms with Gasteiger partial charge in [0.2, 0.25) is 0 Å². The molecule has 2 bridgehead atoms. The molecule has 3 atom stereocenters. The first kappa shape index (κ1) is 15.3. The summed E-state index contributed by atoms with van der Waals surface area (Å²) in [4.78, 5) is 0. The first-order valence-electron chi connectivity index (χ1n) is 7.82. The third kappa shape index (κ3) is 2.84. The SMILES string of the molecule is COCCOCCCNC1CC2CCC1(C)C2(C)C. The average Bonchev–Trinajstić information content (AvgIpc) is 2.70. The normalized spacial score (nSPS) is 36.0. The van der Waals surface area contributed by atoms with Crippen LogP contribution in [0.4, 0.5) is 0 Å². The maximum Gasteiger partial charge on any atom is 0.0700 e. The van der Waals surface area contributed by atoms with Crippen LogP contribution in [0.3, 0.4) is 0 Å². The molecule has 0 aromatic carbocycles. The molecule has 3 unspecified atom stereocenters. The molecule has 3 heteroatoms. The minimum atomic E-state index is 0.495. The van der Waals surface area contributed by atoms with Crippen LogP contribution in [0.25, 0.3) is 0 Å². The largest absolute Gasteiger partial charge is 0.382 e. The third-order valence-corrected chi connectivity index (χ3v) is 6.08. The van der Waals surface area contributed by atoms with E-state index in [0.29, 0.717) is 30.1 Å². The minimum Gasteiger partial charge on any atom is -0.382 e. The van der Waals surface area contributed by atoms with Gasteiger partial charge in [0.15, 0.2) is 0 Å². The van der Waals surface area contributed by atoms with Crippen LogP contribution in [0, 0.1) is 16.7 Å². The molecule has 0 spiro atoms. The molecule has 0 saturated heterocycles. The zero-order chi connectivity index (χ0) is 13.9. The Hall–Kier alpha value is -0.120. The van der Waals surface area contributed by atoms with Crippen LogP contribution < -0.4 is 5.32 Å². The fraction of sp³-hybridized carbons (Fsp3) is 1.00. The fourth-order valence-electron chi connectivity index (χ4n) is 4.21. The smallest absolute Gasteiger partial charge is 0.0700 e. The van der Waals surface area contributed by atoms with Crippen LogP contribution in [0.1, 0.15) is 46.5 Å². The quantitative estimate of drug-likeness (QED) is 0.687. The van der Waals surface area contributed by atoms with E-state index in [-0.39, 0.29) is 0 Å². The maximum absolute atomic E-state index is 5.50. The van der Waals surface area contributed by atoms with Gasteiger partial charge in [-0.3, -0.25) is 0 Å². The van der Waals surface area contributed by atoms with Gasteiger partial charge in [-0.1, -0.05) is 20.8 Å². The van der Waals surface area contributed by atoms with Crippen LogP contribution in [0.5, 0.6) is 0 Å². The Balaban J connectivity index is 1.65. The summed E-state index contributed by atoms with van der Waals surface area (Å²) in [7, 11) is 1.71. The van der Waals surface area contributed by atoms with E-state index >= 15 is 0 Å². The van der Waals surface area contributed by atoms with Gasteiger partial charge in [0.25, 0.3) is 0 Å². The van der Waals surface area contributed by atoms with E-state index in [1.54, 1.807) is 7.11 Å². The molecule has 0 aromatic rings. The Morgan fingerprint density at radius 1 is 1.16 bits per heavy atom. The lowest BCUT2D eigenvalue weighted by Gasteiger charge is -2.39. The first-order chi connectivity index (χ1) is 9.02. The molecule has 2 saturated carbocycles. The summed E-state index contributed by atoms with van der Waals surface area (Å²) in [6.07, 6.45) is 5.30. The van der Waals surface area contributed by atoms with E-state index in [2.05, 4.69) is 26.1 Å². The molecule has 2 aliphatic rings. The molecule has 2 fully saturated rings. The first-order valence-corrected chi connectivity index (χ1v) is 7.82. The van der Waals surface area contributed by atoms with E-state index in [4.69, 9.17) is 9.47 Å². The van der Waals surface area contributed by atoms with Gasteiger partial charge in [0.05, 0.1) is 13.2 Å². The predicted molar refractivity (Wildman–Crippen MR) is 78.3 cm³/mol. The molecule has 0 aromatic heterocycles. The van der Waals surface area contributed by atoms with Crippen molar-refractivity contribution in [2.75, 3.05) is 33.5 Å². The highest BCUT2D eigenvalue weighted by molar-refractivity contribution is 5.12. The monoisotopic (exact) mass is 269 g/mol. The highest BCUT2D eigenvalue weighted by atomic mass is 16.5. The predicted octanol–water partition coefficient (Wildman–Crippen LogP) is 2.84. The zero-order valence-corrected chi connectivity index (χ0v) is 13.1. The summed E-state index contributed by atoms with van der Waals surface area (Å²) < 4.78 is 10.5. The van der Waals surface area contributed by atoms with E-state index < -0.39 is 0 Å². The van der Waals surface area contributed by atoms with E-state index in [0.717, 1.165) is 25.5 Å². The fourth-order valence-corrected chi connectivity index (χ4v) is 4.21. The molecule has 2 aliphatic carbocycles. The maximum atomic E-state index is 5.50. The Morgan fingerprint density at radius 2 is 1.95 bits per heavy atom. The number of nitrogens with one attached hydrogen (secondary N) is 1. The summed E-state index contributed by atoms with van der Waals surface area (Å²) in [5.41, 5.74) is 1.01. The average molecular weight is 269 g/mol. The molecule has 19 heavy (non-hydrogen) atoms. The van der Waals surface area contributed by atoms with Crippen LogP contribution in [-0.2, 0) is 9.47 Å². The van der Waals surface area contributed by atoms with Gasteiger partial charge in [-0.15, -0.1) is 0 Å². The summed E-state index contributed by atoms with van der Waals surface area (Å²) in [6.45, 7) is 10.8. The Labute approximate surface area is 118 Å². The molecule has 0 aliphatic heterocycles. The number of hydrogen-bond acceptors (Lipinski definition) is 3. The Bertz CT molecular complexity index is 292. The van der Waals surface area contributed by atoms with Crippen molar-refractivity contribution in [2.24, 2.45) is 16.7 Å². The van der Waals surface area contributed by atoms with Gasteiger partial charge >= 0.3 is 0 Å². The van der Waals surface area contributed by atoms with Crippen LogP contribution in [0.15, 0.2) is 0 Å². The van der Waals surface area contributed by atoms with E-state index in [1.807, 2.05) is 0 Å². The van der Waals surface area contributed by atoms with Gasteiger partial charge < -0.3 is 14.8 Å². The number of fused-ring (bicyclic) bond motifs is 2. The van der Waals surface area contributed by atoms with Crippen LogP contribution in [-0.4, -0.2) is 39.5 Å². The van der Waals surface area contributed by atoms with E-state index in [9.17, 15) is 0 Å². The number of rotatable bonds is 8. The molecule has 0 amide bonds. The summed E-state index contributed by atoms with van der Waals surface area (Å²) in [5, 5.41) is 3.79. The van der Waals surface area contributed by atoms with Crippen molar-refractivity contribution < 1.29 is 9.47 Å². The molecule has 1 N–H and O–H groups in total. The summed E-state index contributed by atoms with van der Waals surface area (Å²) >= 11 is 0. The molecule has 2 rings (SSSR count). The van der Waals surface area contributed by atoms with Gasteiger partial charge in [0.1, 0.15) is 0 Å². The lowest BCUT2D eigenvalue weighted by Crippen LogP contribution is -2.44. The lowest BCUT2D eigenvalue weighted by molar-refractivity contribution is 0.0676. The topological polar surface area (TPSA) is 30.5 Å². The van der Waals surface area contributed by atoms with Crippen molar-refractivity contribution in [3.8, 4) is 0 Å². The Kier molecular flexibility index (Phi) is 4.91. The van der Waals surface area contributed by atoms with Crippen molar-refractivity contribution in [1.29, 1.82) is 0 Å². The van der Waals surface area contributed by atoms with Gasteiger partial charge in [-0.2, -0.15) is 0 Å². The number of hydrogen-bond donors (Lipinski definition) is 1. The molecular formula is C16H31NO2. The summed E-state index contributed by atoms with van der Waals surface area (Å²) in [6, 6.07) is 0.709. The van der Waals surface area contributed by atoms with Crippen molar-refractivity contribution in [3.63, 3.8) is 0 Å². The van der Waals surface area contributed by atoms with Crippen LogP contribution >= 0.6 is 0 Å². The van der Waals surface area contributed by atoms with Crippen molar-refractivity contribution in [1.82, 2.24) is 5.32 Å². The highest BCUT2D eigenvalue weighted by Crippen LogP contribution is 2.65. The van der Waals surface area contributed by atoms with Crippen molar-refractivity contribution in [2.45, 2.75) is 52.5 Å². The number of methoxy groups -OCH3 is 1. The third-order valence-electron chi connectivity index (χ3n) is 6.08. The standard InChI is InChI=1S/C16H31NO2/c1-15(2)13-6-7-16(15,3)14(12-13)17-8-5-9-19-11-10-18-4/h13-14,17H,5-12H2,1-4H3.